The lowest BCUT2D eigenvalue weighted by Crippen LogP contribution is -2.48. The number of nitrogens with zero attached hydrogens (tertiary/aromatic N) is 5. The molecular weight excluding hydrogens is 461 g/mol. The van der Waals surface area contributed by atoms with Crippen LogP contribution in [0.5, 0.6) is 0 Å². The van der Waals surface area contributed by atoms with Gasteiger partial charge in [-0.2, -0.15) is 5.26 Å². The molecule has 3 heterocycles. The van der Waals surface area contributed by atoms with E-state index >= 15 is 0 Å². The number of anilines is 1. The molecule has 0 spiro atoms. The molecule has 1 aliphatic rings. The van der Waals surface area contributed by atoms with E-state index in [1.165, 1.54) is 16.7 Å². The maximum Gasteiger partial charge on any atom is 0.270 e. The fourth-order valence-corrected chi connectivity index (χ4v) is 4.73. The average molecular weight is 484 g/mol. The molecule has 1 aromatic carbocycles. The van der Waals surface area contributed by atoms with Gasteiger partial charge in [0.2, 0.25) is 0 Å². The summed E-state index contributed by atoms with van der Waals surface area (Å²) in [6, 6.07) is 12.6. The summed E-state index contributed by atoms with van der Waals surface area (Å²) in [5, 5.41) is 9.76. The van der Waals surface area contributed by atoms with E-state index < -0.39 is 0 Å². The number of pyridine rings is 2. The lowest BCUT2D eigenvalue weighted by atomic mass is 10.0. The third-order valence-electron chi connectivity index (χ3n) is 6.01. The predicted molar refractivity (Wildman–Crippen MR) is 123 cm³/mol. The molecule has 160 valence electrons. The van der Waals surface area contributed by atoms with Crippen molar-refractivity contribution < 1.29 is 4.39 Å². The van der Waals surface area contributed by atoms with Crippen LogP contribution in [0.1, 0.15) is 30.5 Å². The Kier molecular flexibility index (Phi) is 6.08. The largest absolute Gasteiger partial charge is 0.366 e. The molecule has 6 nitrogen and oxygen atoms in total. The lowest BCUT2D eigenvalue weighted by Gasteiger charge is -2.40. The van der Waals surface area contributed by atoms with Gasteiger partial charge in [-0.25, -0.2) is 9.37 Å². The SMILES string of the molecule is CCC(c1ccc(F)cc1)N1CCN(c2c(C#N)c(=O)n(C)c3ccc(Br)nc23)CC1. The number of hydrogen-bond acceptors (Lipinski definition) is 5. The van der Waals surface area contributed by atoms with Crippen LogP contribution in [0.15, 0.2) is 45.8 Å². The van der Waals surface area contributed by atoms with Gasteiger partial charge in [0.1, 0.15) is 27.6 Å². The van der Waals surface area contributed by atoms with E-state index in [4.69, 9.17) is 0 Å². The molecular formula is C23H23BrFN5O. The number of halogens is 2. The van der Waals surface area contributed by atoms with Crippen molar-refractivity contribution in [2.45, 2.75) is 19.4 Å². The van der Waals surface area contributed by atoms with Crippen LogP contribution in [-0.2, 0) is 7.05 Å². The Labute approximate surface area is 188 Å². The lowest BCUT2D eigenvalue weighted by molar-refractivity contribution is 0.181. The molecule has 3 aromatic rings. The highest BCUT2D eigenvalue weighted by Gasteiger charge is 2.28. The van der Waals surface area contributed by atoms with Gasteiger partial charge in [0.05, 0.1) is 11.2 Å². The van der Waals surface area contributed by atoms with E-state index in [1.54, 1.807) is 13.1 Å². The second kappa shape index (κ2) is 8.77. The van der Waals surface area contributed by atoms with Crippen LogP contribution in [0, 0.1) is 17.1 Å². The third-order valence-corrected chi connectivity index (χ3v) is 6.45. The maximum atomic E-state index is 13.3. The number of rotatable bonds is 4. The highest BCUT2D eigenvalue weighted by Crippen LogP contribution is 2.31. The van der Waals surface area contributed by atoms with Crippen LogP contribution in [0.3, 0.4) is 0 Å². The predicted octanol–water partition coefficient (Wildman–Crippen LogP) is 3.98. The Morgan fingerprint density at radius 1 is 1.16 bits per heavy atom. The van der Waals surface area contributed by atoms with Crippen molar-refractivity contribution in [3.05, 3.63) is 68.3 Å². The fourth-order valence-electron chi connectivity index (χ4n) is 4.43. The Morgan fingerprint density at radius 3 is 2.45 bits per heavy atom. The monoisotopic (exact) mass is 483 g/mol. The molecule has 0 amide bonds. The van der Waals surface area contributed by atoms with Crippen molar-refractivity contribution >= 4 is 32.7 Å². The molecule has 1 aliphatic heterocycles. The first-order chi connectivity index (χ1) is 14.9. The van der Waals surface area contributed by atoms with Gasteiger partial charge in [0.15, 0.2) is 0 Å². The Bertz CT molecular complexity index is 1210. The van der Waals surface area contributed by atoms with Gasteiger partial charge in [-0.1, -0.05) is 19.1 Å². The van der Waals surface area contributed by atoms with E-state index in [2.05, 4.69) is 43.7 Å². The fraction of sp³-hybridized carbons (Fsp3) is 0.348. The van der Waals surface area contributed by atoms with Crippen LogP contribution in [-0.4, -0.2) is 40.6 Å². The smallest absolute Gasteiger partial charge is 0.270 e. The van der Waals surface area contributed by atoms with Crippen molar-refractivity contribution in [1.29, 1.82) is 5.26 Å². The first-order valence-electron chi connectivity index (χ1n) is 10.3. The van der Waals surface area contributed by atoms with Gasteiger partial charge in [-0.05, 0) is 52.2 Å². The normalized spacial score (nSPS) is 15.8. The van der Waals surface area contributed by atoms with Crippen molar-refractivity contribution in [1.82, 2.24) is 14.5 Å². The summed E-state index contributed by atoms with van der Waals surface area (Å²) in [6.07, 6.45) is 0.915. The molecule has 1 unspecified atom stereocenters. The molecule has 1 fully saturated rings. The van der Waals surface area contributed by atoms with Crippen molar-refractivity contribution in [2.75, 3.05) is 31.1 Å². The van der Waals surface area contributed by atoms with Crippen molar-refractivity contribution in [2.24, 2.45) is 7.05 Å². The molecule has 0 saturated carbocycles. The van der Waals surface area contributed by atoms with E-state index in [9.17, 15) is 14.4 Å². The summed E-state index contributed by atoms with van der Waals surface area (Å²) in [6.45, 7) is 5.01. The van der Waals surface area contributed by atoms with E-state index in [-0.39, 0.29) is 23.0 Å². The Hall–Kier alpha value is -2.76. The molecule has 1 saturated heterocycles. The van der Waals surface area contributed by atoms with Crippen LogP contribution in [0.4, 0.5) is 10.1 Å². The average Bonchev–Trinajstić information content (AvgIpc) is 2.78. The number of nitriles is 1. The van der Waals surface area contributed by atoms with Gasteiger partial charge < -0.3 is 9.47 Å². The number of hydrogen-bond donors (Lipinski definition) is 0. The summed E-state index contributed by atoms with van der Waals surface area (Å²) in [7, 11) is 1.66. The summed E-state index contributed by atoms with van der Waals surface area (Å²) in [5.74, 6) is -0.233. The Morgan fingerprint density at radius 2 is 1.84 bits per heavy atom. The zero-order chi connectivity index (χ0) is 22.1. The quantitative estimate of drug-likeness (QED) is 0.525. The van der Waals surface area contributed by atoms with E-state index in [0.717, 1.165) is 25.1 Å². The van der Waals surface area contributed by atoms with Gasteiger partial charge in [0.25, 0.3) is 5.56 Å². The topological polar surface area (TPSA) is 65.2 Å². The number of fused-ring (bicyclic) bond motifs is 1. The van der Waals surface area contributed by atoms with Crippen LogP contribution in [0.2, 0.25) is 0 Å². The summed E-state index contributed by atoms with van der Waals surface area (Å²) < 4.78 is 15.5. The first kappa shape index (κ1) is 21.5. The Balaban J connectivity index is 1.67. The first-order valence-corrected chi connectivity index (χ1v) is 11.1. The number of aryl methyl sites for hydroxylation is 1. The van der Waals surface area contributed by atoms with Gasteiger partial charge in [-0.15, -0.1) is 0 Å². The third kappa shape index (κ3) is 3.95. The zero-order valence-corrected chi connectivity index (χ0v) is 19.1. The van der Waals surface area contributed by atoms with Crippen LogP contribution >= 0.6 is 15.9 Å². The standard InChI is InChI=1S/C23H23BrFN5O/c1-3-18(15-4-6-16(25)7-5-15)29-10-12-30(13-11-29)22-17(14-26)23(31)28(2)19-8-9-20(24)27-21(19)22/h4-9,18H,3,10-13H2,1-2H3. The maximum absolute atomic E-state index is 13.3. The number of benzene rings is 1. The number of aromatic nitrogens is 2. The molecule has 0 aliphatic carbocycles. The zero-order valence-electron chi connectivity index (χ0n) is 17.5. The summed E-state index contributed by atoms with van der Waals surface area (Å²) in [4.78, 5) is 21.9. The summed E-state index contributed by atoms with van der Waals surface area (Å²) >= 11 is 3.41. The highest BCUT2D eigenvalue weighted by molar-refractivity contribution is 9.10. The van der Waals surface area contributed by atoms with Crippen LogP contribution < -0.4 is 10.5 Å². The molecule has 4 rings (SSSR count). The summed E-state index contributed by atoms with van der Waals surface area (Å²) in [5.41, 5.74) is 2.86. The highest BCUT2D eigenvalue weighted by atomic mass is 79.9. The van der Waals surface area contributed by atoms with E-state index in [0.29, 0.717) is 34.4 Å². The molecule has 0 radical (unpaired) electrons. The number of piperazine rings is 1. The minimum atomic E-state index is -0.311. The minimum Gasteiger partial charge on any atom is -0.366 e. The second-order valence-electron chi connectivity index (χ2n) is 7.70. The van der Waals surface area contributed by atoms with Crippen molar-refractivity contribution in [3.63, 3.8) is 0 Å². The van der Waals surface area contributed by atoms with Crippen molar-refractivity contribution in [3.8, 4) is 6.07 Å². The molecule has 1 atom stereocenters. The molecule has 31 heavy (non-hydrogen) atoms. The van der Waals surface area contributed by atoms with Gasteiger partial charge >= 0.3 is 0 Å². The molecule has 2 aromatic heterocycles. The van der Waals surface area contributed by atoms with Gasteiger partial charge in [-0.3, -0.25) is 9.69 Å². The van der Waals surface area contributed by atoms with E-state index in [1.807, 2.05) is 18.2 Å². The second-order valence-corrected chi connectivity index (χ2v) is 8.51. The van der Waals surface area contributed by atoms with Gasteiger partial charge in [0, 0.05) is 39.3 Å². The molecule has 8 heteroatoms. The van der Waals surface area contributed by atoms with Crippen LogP contribution in [0.25, 0.3) is 11.0 Å². The molecule has 0 N–H and O–H groups in total. The molecule has 0 bridgehead atoms. The minimum absolute atomic E-state index is 0.125.